The van der Waals surface area contributed by atoms with Crippen molar-refractivity contribution < 1.29 is 9.59 Å². The van der Waals surface area contributed by atoms with Crippen molar-refractivity contribution in [1.82, 2.24) is 0 Å². The first-order valence-electron chi connectivity index (χ1n) is 6.62. The zero-order valence-corrected chi connectivity index (χ0v) is 13.4. The van der Waals surface area contributed by atoms with Crippen LogP contribution in [0, 0.1) is 0 Å². The molecule has 22 heavy (non-hydrogen) atoms. The number of nitrogens with two attached hydrogens (primary N) is 1. The van der Waals surface area contributed by atoms with Crippen molar-refractivity contribution in [3.8, 4) is 0 Å². The third kappa shape index (κ3) is 3.24. The van der Waals surface area contributed by atoms with Crippen LogP contribution in [0.25, 0.3) is 0 Å². The van der Waals surface area contributed by atoms with Gasteiger partial charge >= 0.3 is 6.03 Å². The number of hydrogen-bond acceptors (Lipinski definition) is 2. The van der Waals surface area contributed by atoms with Crippen LogP contribution in [0.3, 0.4) is 0 Å². The summed E-state index contributed by atoms with van der Waals surface area (Å²) < 4.78 is 0. The fourth-order valence-corrected chi connectivity index (χ4v) is 2.60. The minimum atomic E-state index is -0.898. The Morgan fingerprint density at radius 2 is 1.59 bits per heavy atom. The Morgan fingerprint density at radius 3 is 2.05 bits per heavy atom. The highest BCUT2D eigenvalue weighted by Gasteiger charge is 2.26. The number of urea groups is 1. The molecular weight excluding hydrogens is 323 g/mol. The minimum absolute atomic E-state index is 0.0456. The van der Waals surface area contributed by atoms with Gasteiger partial charge in [0.1, 0.15) is 0 Å². The Hall–Kier alpha value is -2.04. The number of rotatable bonds is 3. The van der Waals surface area contributed by atoms with Crippen molar-refractivity contribution in [3.63, 3.8) is 0 Å². The highest BCUT2D eigenvalue weighted by molar-refractivity contribution is 6.41. The molecule has 0 aliphatic heterocycles. The molecule has 0 aliphatic rings. The van der Waals surface area contributed by atoms with Crippen LogP contribution in [0.15, 0.2) is 42.5 Å². The average Bonchev–Trinajstić information content (AvgIpc) is 2.47. The molecule has 114 valence electrons. The number of nitrogens with zero attached hydrogens (tertiary/aromatic N) is 1. The Kier molecular flexibility index (Phi) is 5.06. The van der Waals surface area contributed by atoms with Crippen molar-refractivity contribution in [1.29, 1.82) is 0 Å². The van der Waals surface area contributed by atoms with Gasteiger partial charge in [0.15, 0.2) is 0 Å². The van der Waals surface area contributed by atoms with Crippen LogP contribution in [-0.4, -0.2) is 11.9 Å². The lowest BCUT2D eigenvalue weighted by Gasteiger charge is -2.20. The van der Waals surface area contributed by atoms with Gasteiger partial charge in [-0.1, -0.05) is 48.3 Å². The normalized spacial score (nSPS) is 10.3. The highest BCUT2D eigenvalue weighted by atomic mass is 35.5. The van der Waals surface area contributed by atoms with Crippen LogP contribution < -0.4 is 10.6 Å². The van der Waals surface area contributed by atoms with Gasteiger partial charge in [-0.15, -0.1) is 0 Å². The molecule has 0 bridgehead atoms. The van der Waals surface area contributed by atoms with Gasteiger partial charge < -0.3 is 5.73 Å². The quantitative estimate of drug-likeness (QED) is 0.908. The number of carbonyl (C=O) groups excluding carboxylic acids is 2. The molecule has 0 saturated carbocycles. The number of imide groups is 1. The number of halogens is 2. The molecule has 4 nitrogen and oxygen atoms in total. The second-order valence-electron chi connectivity index (χ2n) is 4.60. The number of benzene rings is 2. The summed E-state index contributed by atoms with van der Waals surface area (Å²) in [6.07, 6.45) is 0.848. The van der Waals surface area contributed by atoms with E-state index in [1.165, 1.54) is 12.1 Å². The summed E-state index contributed by atoms with van der Waals surface area (Å²) in [4.78, 5) is 25.2. The number of amides is 3. The molecule has 2 N–H and O–H groups in total. The maximum absolute atomic E-state index is 12.6. The number of anilines is 1. The Bertz CT molecular complexity index is 694. The molecule has 0 aromatic heterocycles. The van der Waals surface area contributed by atoms with Crippen LogP contribution in [0.1, 0.15) is 22.8 Å². The highest BCUT2D eigenvalue weighted by Crippen LogP contribution is 2.28. The second-order valence-corrected chi connectivity index (χ2v) is 5.41. The first kappa shape index (κ1) is 16.3. The molecule has 0 heterocycles. The SMILES string of the molecule is CCc1ccc(N(C(N)=O)C(=O)c2c(Cl)cccc2Cl)cc1. The lowest BCUT2D eigenvalue weighted by atomic mass is 10.1. The van der Waals surface area contributed by atoms with Gasteiger partial charge in [0.05, 0.1) is 21.3 Å². The van der Waals surface area contributed by atoms with E-state index in [9.17, 15) is 9.59 Å². The maximum atomic E-state index is 12.6. The van der Waals surface area contributed by atoms with Crippen LogP contribution in [0.5, 0.6) is 0 Å². The van der Waals surface area contributed by atoms with E-state index in [4.69, 9.17) is 28.9 Å². The molecular formula is C16H14Cl2N2O2. The Morgan fingerprint density at radius 1 is 1.05 bits per heavy atom. The van der Waals surface area contributed by atoms with Crippen molar-refractivity contribution >= 4 is 40.8 Å². The molecule has 2 rings (SSSR count). The summed E-state index contributed by atoms with van der Waals surface area (Å²) in [6, 6.07) is 10.7. The number of hydrogen-bond donors (Lipinski definition) is 1. The molecule has 2 aromatic carbocycles. The van der Waals surface area contributed by atoms with E-state index in [0.717, 1.165) is 16.9 Å². The van der Waals surface area contributed by atoms with Crippen molar-refractivity contribution in [2.24, 2.45) is 5.73 Å². The molecule has 3 amide bonds. The summed E-state index contributed by atoms with van der Waals surface area (Å²) in [7, 11) is 0. The van der Waals surface area contributed by atoms with E-state index in [1.807, 2.05) is 19.1 Å². The third-order valence-electron chi connectivity index (χ3n) is 3.20. The van der Waals surface area contributed by atoms with E-state index in [2.05, 4.69) is 0 Å². The van der Waals surface area contributed by atoms with Gasteiger partial charge in [-0.05, 0) is 36.2 Å². The maximum Gasteiger partial charge on any atom is 0.326 e. The van der Waals surface area contributed by atoms with E-state index < -0.39 is 11.9 Å². The van der Waals surface area contributed by atoms with Crippen molar-refractivity contribution in [2.45, 2.75) is 13.3 Å². The summed E-state index contributed by atoms with van der Waals surface area (Å²) in [6.45, 7) is 2.01. The van der Waals surface area contributed by atoms with Gasteiger partial charge in [-0.25, -0.2) is 9.69 Å². The molecule has 6 heteroatoms. The molecule has 0 spiro atoms. The lowest BCUT2D eigenvalue weighted by Crippen LogP contribution is -2.41. The summed E-state index contributed by atoms with van der Waals surface area (Å²) in [5, 5.41) is 0.322. The molecule has 0 aliphatic carbocycles. The largest absolute Gasteiger partial charge is 0.351 e. The predicted molar refractivity (Wildman–Crippen MR) is 88.7 cm³/mol. The minimum Gasteiger partial charge on any atom is -0.351 e. The number of primary amides is 1. The second kappa shape index (κ2) is 6.81. The first-order chi connectivity index (χ1) is 10.5. The summed E-state index contributed by atoms with van der Waals surface area (Å²) >= 11 is 12.0. The van der Waals surface area contributed by atoms with E-state index in [1.54, 1.807) is 18.2 Å². The smallest absolute Gasteiger partial charge is 0.326 e. The van der Waals surface area contributed by atoms with Crippen LogP contribution >= 0.6 is 23.2 Å². The third-order valence-corrected chi connectivity index (χ3v) is 3.83. The van der Waals surface area contributed by atoms with Gasteiger partial charge in [0.2, 0.25) is 0 Å². The van der Waals surface area contributed by atoms with Gasteiger partial charge in [0, 0.05) is 0 Å². The van der Waals surface area contributed by atoms with Crippen molar-refractivity contribution in [3.05, 3.63) is 63.6 Å². The fraction of sp³-hybridized carbons (Fsp3) is 0.125. The van der Waals surface area contributed by atoms with Crippen LogP contribution in [0.2, 0.25) is 10.0 Å². The van der Waals surface area contributed by atoms with Crippen LogP contribution in [-0.2, 0) is 6.42 Å². The number of aryl methyl sites for hydroxylation is 1. The van der Waals surface area contributed by atoms with Gasteiger partial charge in [0.25, 0.3) is 5.91 Å². The molecule has 0 fully saturated rings. The van der Waals surface area contributed by atoms with Gasteiger partial charge in [-0.3, -0.25) is 4.79 Å². The fourth-order valence-electron chi connectivity index (χ4n) is 2.04. The molecule has 0 atom stereocenters. The molecule has 0 unspecified atom stereocenters. The zero-order chi connectivity index (χ0) is 16.3. The van der Waals surface area contributed by atoms with Gasteiger partial charge in [-0.2, -0.15) is 0 Å². The topological polar surface area (TPSA) is 63.4 Å². The Balaban J connectivity index is 2.47. The van der Waals surface area contributed by atoms with Crippen LogP contribution in [0.4, 0.5) is 10.5 Å². The standard InChI is InChI=1S/C16H14Cl2N2O2/c1-2-10-6-8-11(9-7-10)20(16(19)22)15(21)14-12(17)4-3-5-13(14)18/h3-9H,2H2,1H3,(H2,19,22). The summed E-state index contributed by atoms with van der Waals surface area (Å²) in [5.41, 5.74) is 6.85. The van der Waals surface area contributed by atoms with Crippen molar-refractivity contribution in [2.75, 3.05) is 4.90 Å². The number of carbonyl (C=O) groups is 2. The predicted octanol–water partition coefficient (Wildman–Crippen LogP) is 4.28. The zero-order valence-electron chi connectivity index (χ0n) is 11.8. The lowest BCUT2D eigenvalue weighted by molar-refractivity contribution is 0.0995. The molecule has 0 radical (unpaired) electrons. The molecule has 0 saturated heterocycles. The monoisotopic (exact) mass is 336 g/mol. The average molecular weight is 337 g/mol. The Labute approximate surface area is 138 Å². The first-order valence-corrected chi connectivity index (χ1v) is 7.38. The van der Waals surface area contributed by atoms with E-state index in [0.29, 0.717) is 5.69 Å². The summed E-state index contributed by atoms with van der Waals surface area (Å²) in [5.74, 6) is -0.660. The van der Waals surface area contributed by atoms with E-state index >= 15 is 0 Å². The molecule has 2 aromatic rings. The van der Waals surface area contributed by atoms with E-state index in [-0.39, 0.29) is 15.6 Å².